The topological polar surface area (TPSA) is 82.3 Å². The number of aryl methyl sites for hydroxylation is 2. The molecule has 0 aliphatic heterocycles. The third-order valence-corrected chi connectivity index (χ3v) is 2.94. The second kappa shape index (κ2) is 4.14. The maximum atomic E-state index is 4.28. The number of anilines is 1. The van der Waals surface area contributed by atoms with Crippen LogP contribution in [0.5, 0.6) is 0 Å². The van der Waals surface area contributed by atoms with Gasteiger partial charge in [0.2, 0.25) is 0 Å². The smallest absolute Gasteiger partial charge is 0.143 e. The van der Waals surface area contributed by atoms with E-state index in [4.69, 9.17) is 0 Å². The molecule has 0 aliphatic rings. The molecule has 0 unspecified atom stereocenters. The summed E-state index contributed by atoms with van der Waals surface area (Å²) >= 11 is 0. The summed E-state index contributed by atoms with van der Waals surface area (Å²) < 4.78 is 0. The number of rotatable bonds is 3. The minimum atomic E-state index is 0.693. The molecule has 0 saturated carbocycles. The van der Waals surface area contributed by atoms with Crippen LogP contribution in [-0.4, -0.2) is 25.1 Å². The van der Waals surface area contributed by atoms with Crippen molar-refractivity contribution in [1.82, 2.24) is 25.1 Å². The molecule has 0 saturated heterocycles. The second-order valence-corrected chi connectivity index (χ2v) is 4.31. The third kappa shape index (κ3) is 1.81. The van der Waals surface area contributed by atoms with E-state index in [1.54, 1.807) is 6.33 Å². The molecule has 3 rings (SSSR count). The van der Waals surface area contributed by atoms with Crippen LogP contribution in [0.4, 0.5) is 5.82 Å². The Morgan fingerprint density at radius 2 is 2.17 bits per heavy atom. The number of fused-ring (bicyclic) bond motifs is 1. The highest BCUT2D eigenvalue weighted by atomic mass is 15.1. The minimum Gasteiger partial charge on any atom is -0.365 e. The van der Waals surface area contributed by atoms with Crippen LogP contribution in [0.2, 0.25) is 0 Å². The summed E-state index contributed by atoms with van der Waals surface area (Å²) in [7, 11) is 0. The summed E-state index contributed by atoms with van der Waals surface area (Å²) in [6.45, 7) is 4.70. The average molecular weight is 242 g/mol. The lowest BCUT2D eigenvalue weighted by Gasteiger charge is -2.05. The van der Waals surface area contributed by atoms with Gasteiger partial charge in [-0.15, -0.1) is 0 Å². The predicted octanol–water partition coefficient (Wildman–Crippen LogP) is 1.91. The number of nitrogens with one attached hydrogen (secondary N) is 3. The zero-order valence-electron chi connectivity index (χ0n) is 10.3. The van der Waals surface area contributed by atoms with Crippen molar-refractivity contribution in [3.05, 3.63) is 35.5 Å². The molecule has 0 spiro atoms. The average Bonchev–Trinajstić information content (AvgIpc) is 2.91. The van der Waals surface area contributed by atoms with Crippen LogP contribution in [0.25, 0.3) is 11.0 Å². The van der Waals surface area contributed by atoms with Gasteiger partial charge in [-0.3, -0.25) is 5.10 Å². The lowest BCUT2D eigenvalue weighted by molar-refractivity contribution is 1.04. The molecule has 3 aromatic heterocycles. The van der Waals surface area contributed by atoms with Gasteiger partial charge in [0.05, 0.1) is 11.6 Å². The van der Waals surface area contributed by atoms with Gasteiger partial charge in [-0.05, 0) is 19.9 Å². The highest BCUT2D eigenvalue weighted by molar-refractivity contribution is 5.87. The molecule has 0 fully saturated rings. The standard InChI is InChI=1S/C12H14N6/c1-7-3-10-11(14-6-15-12(10)17-7)13-4-9-5-16-18-8(9)2/h3,5-6H,4H2,1-2H3,(H,16,18)(H2,13,14,15,17). The maximum absolute atomic E-state index is 4.28. The molecular weight excluding hydrogens is 228 g/mol. The molecule has 0 bridgehead atoms. The summed E-state index contributed by atoms with van der Waals surface area (Å²) in [5, 5.41) is 11.2. The Kier molecular flexibility index (Phi) is 2.47. The first-order chi connectivity index (χ1) is 8.74. The number of aromatic nitrogens is 5. The van der Waals surface area contributed by atoms with Crippen LogP contribution in [0, 0.1) is 13.8 Å². The number of aromatic amines is 2. The van der Waals surface area contributed by atoms with E-state index < -0.39 is 0 Å². The minimum absolute atomic E-state index is 0.693. The van der Waals surface area contributed by atoms with Gasteiger partial charge < -0.3 is 10.3 Å². The van der Waals surface area contributed by atoms with E-state index in [0.29, 0.717) is 6.54 Å². The van der Waals surface area contributed by atoms with Gasteiger partial charge in [0, 0.05) is 23.5 Å². The Bertz CT molecular complexity index is 681. The summed E-state index contributed by atoms with van der Waals surface area (Å²) in [6.07, 6.45) is 3.38. The van der Waals surface area contributed by atoms with Gasteiger partial charge in [0.15, 0.2) is 0 Å². The van der Waals surface area contributed by atoms with Crippen molar-refractivity contribution in [2.24, 2.45) is 0 Å². The van der Waals surface area contributed by atoms with Crippen LogP contribution < -0.4 is 5.32 Å². The van der Waals surface area contributed by atoms with E-state index in [1.165, 1.54) is 0 Å². The molecule has 0 atom stereocenters. The Balaban J connectivity index is 1.88. The highest BCUT2D eigenvalue weighted by Gasteiger charge is 2.07. The molecule has 3 N–H and O–H groups in total. The van der Waals surface area contributed by atoms with Crippen molar-refractivity contribution in [2.75, 3.05) is 5.32 Å². The van der Waals surface area contributed by atoms with Gasteiger partial charge in [0.25, 0.3) is 0 Å². The van der Waals surface area contributed by atoms with Crippen LogP contribution in [0.15, 0.2) is 18.6 Å². The molecule has 0 radical (unpaired) electrons. The molecule has 6 nitrogen and oxygen atoms in total. The van der Waals surface area contributed by atoms with E-state index in [0.717, 1.165) is 33.8 Å². The Labute approximate surface area is 104 Å². The number of nitrogens with zero attached hydrogens (tertiary/aromatic N) is 3. The zero-order chi connectivity index (χ0) is 12.5. The van der Waals surface area contributed by atoms with Crippen LogP contribution in [-0.2, 0) is 6.54 Å². The largest absolute Gasteiger partial charge is 0.365 e. The summed E-state index contributed by atoms with van der Waals surface area (Å²) in [5.41, 5.74) is 4.13. The number of hydrogen-bond acceptors (Lipinski definition) is 4. The van der Waals surface area contributed by atoms with Crippen molar-refractivity contribution >= 4 is 16.9 Å². The monoisotopic (exact) mass is 242 g/mol. The van der Waals surface area contributed by atoms with E-state index in [1.807, 2.05) is 26.1 Å². The van der Waals surface area contributed by atoms with Crippen LogP contribution >= 0.6 is 0 Å². The van der Waals surface area contributed by atoms with Crippen molar-refractivity contribution in [1.29, 1.82) is 0 Å². The fourth-order valence-corrected chi connectivity index (χ4v) is 1.94. The number of hydrogen-bond donors (Lipinski definition) is 3. The molecule has 0 aliphatic carbocycles. The Morgan fingerprint density at radius 3 is 2.94 bits per heavy atom. The fourth-order valence-electron chi connectivity index (χ4n) is 1.94. The normalized spacial score (nSPS) is 11.0. The third-order valence-electron chi connectivity index (χ3n) is 2.94. The molecule has 6 heteroatoms. The quantitative estimate of drug-likeness (QED) is 0.655. The predicted molar refractivity (Wildman–Crippen MR) is 69.3 cm³/mol. The van der Waals surface area contributed by atoms with E-state index in [9.17, 15) is 0 Å². The first-order valence-corrected chi connectivity index (χ1v) is 5.77. The summed E-state index contributed by atoms with van der Waals surface area (Å²) in [5.74, 6) is 0.838. The van der Waals surface area contributed by atoms with E-state index in [-0.39, 0.29) is 0 Å². The number of H-pyrrole nitrogens is 2. The van der Waals surface area contributed by atoms with E-state index in [2.05, 4.69) is 30.5 Å². The first-order valence-electron chi connectivity index (χ1n) is 5.77. The zero-order valence-corrected chi connectivity index (χ0v) is 10.3. The van der Waals surface area contributed by atoms with Crippen molar-refractivity contribution in [3.63, 3.8) is 0 Å². The molecule has 0 aromatic carbocycles. The molecule has 92 valence electrons. The van der Waals surface area contributed by atoms with Crippen molar-refractivity contribution < 1.29 is 0 Å². The van der Waals surface area contributed by atoms with Crippen molar-refractivity contribution in [2.45, 2.75) is 20.4 Å². The van der Waals surface area contributed by atoms with Crippen molar-refractivity contribution in [3.8, 4) is 0 Å². The summed E-state index contributed by atoms with van der Waals surface area (Å²) in [6, 6.07) is 2.04. The molecule has 0 amide bonds. The van der Waals surface area contributed by atoms with E-state index >= 15 is 0 Å². The lowest BCUT2D eigenvalue weighted by atomic mass is 10.2. The second-order valence-electron chi connectivity index (χ2n) is 4.31. The SMILES string of the molecule is Cc1cc2c(NCc3cn[nH]c3C)ncnc2[nH]1. The Hall–Kier alpha value is -2.37. The van der Waals surface area contributed by atoms with Gasteiger partial charge >= 0.3 is 0 Å². The van der Waals surface area contributed by atoms with Crippen LogP contribution in [0.3, 0.4) is 0 Å². The molecule has 3 aromatic rings. The maximum Gasteiger partial charge on any atom is 0.143 e. The fraction of sp³-hybridized carbons (Fsp3) is 0.250. The Morgan fingerprint density at radius 1 is 1.28 bits per heavy atom. The lowest BCUT2D eigenvalue weighted by Crippen LogP contribution is -2.02. The van der Waals surface area contributed by atoms with Gasteiger partial charge in [-0.25, -0.2) is 9.97 Å². The molecular formula is C12H14N6. The highest BCUT2D eigenvalue weighted by Crippen LogP contribution is 2.20. The van der Waals surface area contributed by atoms with Gasteiger partial charge in [0.1, 0.15) is 17.8 Å². The molecule has 3 heterocycles. The van der Waals surface area contributed by atoms with Gasteiger partial charge in [-0.2, -0.15) is 5.10 Å². The van der Waals surface area contributed by atoms with Crippen LogP contribution in [0.1, 0.15) is 17.0 Å². The van der Waals surface area contributed by atoms with Gasteiger partial charge in [-0.1, -0.05) is 0 Å². The molecule has 18 heavy (non-hydrogen) atoms. The first kappa shape index (κ1) is 10.8. The summed E-state index contributed by atoms with van der Waals surface area (Å²) in [4.78, 5) is 11.7.